The van der Waals surface area contributed by atoms with Crippen molar-refractivity contribution >= 4 is 23.0 Å². The molecule has 0 radical (unpaired) electrons. The minimum absolute atomic E-state index is 0.0686. The van der Waals surface area contributed by atoms with Crippen LogP contribution in [0, 0.1) is 32.8 Å². The maximum atomic E-state index is 12.1. The molecule has 0 unspecified atom stereocenters. The topological polar surface area (TPSA) is 132 Å². The second-order valence-corrected chi connectivity index (χ2v) is 4.73. The Kier molecular flexibility index (Phi) is 5.43. The number of hydrogen-bond donors (Lipinski definition) is 2. The number of rotatable bonds is 5. The number of amides is 1. The van der Waals surface area contributed by atoms with E-state index in [2.05, 4.69) is 10.6 Å². The highest BCUT2D eigenvalue weighted by atomic mass is 16.6. The van der Waals surface area contributed by atoms with E-state index in [0.29, 0.717) is 11.4 Å². The molecule has 2 N–H and O–H groups in total. The van der Waals surface area contributed by atoms with E-state index in [1.807, 2.05) is 6.07 Å². The Morgan fingerprint density at radius 2 is 1.80 bits per heavy atom. The number of nitro benzene ring substituents is 1. The molecule has 1 amide bonds. The van der Waals surface area contributed by atoms with Crippen molar-refractivity contribution in [2.24, 2.45) is 0 Å². The van der Waals surface area contributed by atoms with Crippen LogP contribution in [-0.2, 0) is 4.79 Å². The smallest absolute Gasteiger partial charge is 0.269 e. The first-order valence-corrected chi connectivity index (χ1v) is 6.97. The monoisotopic (exact) mass is 333 g/mol. The van der Waals surface area contributed by atoms with E-state index in [4.69, 9.17) is 10.5 Å². The van der Waals surface area contributed by atoms with Crippen LogP contribution in [0.2, 0.25) is 0 Å². The number of benzene rings is 2. The molecule has 0 aromatic heterocycles. The van der Waals surface area contributed by atoms with Gasteiger partial charge in [-0.25, -0.2) is 0 Å². The van der Waals surface area contributed by atoms with E-state index >= 15 is 0 Å². The Hall–Kier alpha value is -4.17. The fourth-order valence-electron chi connectivity index (χ4n) is 1.86. The highest BCUT2D eigenvalue weighted by Crippen LogP contribution is 2.17. The molecule has 0 spiro atoms. The lowest BCUT2D eigenvalue weighted by Gasteiger charge is -2.06. The van der Waals surface area contributed by atoms with Crippen molar-refractivity contribution in [1.82, 2.24) is 0 Å². The molecule has 0 heterocycles. The number of nitrogens with zero attached hydrogens (tertiary/aromatic N) is 3. The van der Waals surface area contributed by atoms with Crippen molar-refractivity contribution in [2.45, 2.75) is 0 Å². The molecule has 0 bridgehead atoms. The fraction of sp³-hybridized carbons (Fsp3) is 0. The van der Waals surface area contributed by atoms with Gasteiger partial charge in [0.1, 0.15) is 17.7 Å². The number of carbonyl (C=O) groups is 1. The summed E-state index contributed by atoms with van der Waals surface area (Å²) < 4.78 is 0. The lowest BCUT2D eigenvalue weighted by Crippen LogP contribution is -2.15. The quantitative estimate of drug-likeness (QED) is 0.374. The van der Waals surface area contributed by atoms with Gasteiger partial charge in [0.05, 0.1) is 16.2 Å². The van der Waals surface area contributed by atoms with Gasteiger partial charge < -0.3 is 10.6 Å². The van der Waals surface area contributed by atoms with Crippen LogP contribution in [-0.4, -0.2) is 10.8 Å². The minimum atomic E-state index is -0.681. The minimum Gasteiger partial charge on any atom is -0.360 e. The second kappa shape index (κ2) is 7.90. The standard InChI is InChI=1S/C17H11N5O3/c18-9-12-3-1-2-4-16(12)21-17(23)13(10-19)11-20-14-5-7-15(8-6-14)22(24)25/h1-8,11,20H,(H,21,23)/b13-11-. The zero-order valence-electron chi connectivity index (χ0n) is 12.8. The summed E-state index contributed by atoms with van der Waals surface area (Å²) in [5, 5.41) is 33.9. The molecule has 2 aromatic carbocycles. The van der Waals surface area contributed by atoms with E-state index in [-0.39, 0.29) is 16.8 Å². The number of para-hydroxylation sites is 1. The third-order valence-corrected chi connectivity index (χ3v) is 3.12. The second-order valence-electron chi connectivity index (χ2n) is 4.73. The molecular formula is C17H11N5O3. The Morgan fingerprint density at radius 1 is 1.12 bits per heavy atom. The van der Waals surface area contributed by atoms with Gasteiger partial charge in [-0.3, -0.25) is 14.9 Å². The van der Waals surface area contributed by atoms with Crippen molar-refractivity contribution in [3.63, 3.8) is 0 Å². The predicted molar refractivity (Wildman–Crippen MR) is 90.2 cm³/mol. The van der Waals surface area contributed by atoms with Crippen LogP contribution >= 0.6 is 0 Å². The van der Waals surface area contributed by atoms with Crippen LogP contribution < -0.4 is 10.6 Å². The van der Waals surface area contributed by atoms with Gasteiger partial charge in [0.15, 0.2) is 0 Å². The van der Waals surface area contributed by atoms with Crippen LogP contribution in [0.1, 0.15) is 5.56 Å². The van der Waals surface area contributed by atoms with Crippen molar-refractivity contribution in [2.75, 3.05) is 10.6 Å². The summed E-state index contributed by atoms with van der Waals surface area (Å²) in [7, 11) is 0. The van der Waals surface area contributed by atoms with E-state index in [0.717, 1.165) is 0 Å². The van der Waals surface area contributed by atoms with Crippen molar-refractivity contribution < 1.29 is 9.72 Å². The van der Waals surface area contributed by atoms with E-state index in [9.17, 15) is 14.9 Å². The Labute approximate surface area is 142 Å². The van der Waals surface area contributed by atoms with Gasteiger partial charge in [-0.05, 0) is 24.3 Å². The summed E-state index contributed by atoms with van der Waals surface area (Å²) in [5.41, 5.74) is 0.763. The molecule has 0 atom stereocenters. The van der Waals surface area contributed by atoms with Crippen molar-refractivity contribution in [3.8, 4) is 12.1 Å². The first kappa shape index (κ1) is 17.2. The molecule has 0 aliphatic rings. The molecule has 2 aromatic rings. The number of hydrogen-bond acceptors (Lipinski definition) is 6. The lowest BCUT2D eigenvalue weighted by atomic mass is 10.2. The Bertz CT molecular complexity index is 921. The Morgan fingerprint density at radius 3 is 2.40 bits per heavy atom. The van der Waals surface area contributed by atoms with Gasteiger partial charge >= 0.3 is 0 Å². The number of nitrogens with one attached hydrogen (secondary N) is 2. The highest BCUT2D eigenvalue weighted by molar-refractivity contribution is 6.07. The van der Waals surface area contributed by atoms with Crippen LogP contribution in [0.5, 0.6) is 0 Å². The normalized spacial score (nSPS) is 10.2. The average molecular weight is 333 g/mol. The molecule has 8 heteroatoms. The molecular weight excluding hydrogens is 322 g/mol. The number of nitro groups is 1. The molecule has 25 heavy (non-hydrogen) atoms. The molecule has 0 saturated heterocycles. The summed E-state index contributed by atoms with van der Waals surface area (Å²) >= 11 is 0. The third-order valence-electron chi connectivity index (χ3n) is 3.12. The summed E-state index contributed by atoms with van der Waals surface area (Å²) in [4.78, 5) is 22.2. The molecule has 8 nitrogen and oxygen atoms in total. The highest BCUT2D eigenvalue weighted by Gasteiger charge is 2.11. The number of non-ortho nitro benzene ring substituents is 1. The molecule has 0 aliphatic carbocycles. The molecule has 122 valence electrons. The molecule has 2 rings (SSSR count). The van der Waals surface area contributed by atoms with E-state index < -0.39 is 10.8 Å². The summed E-state index contributed by atoms with van der Waals surface area (Å²) in [6.07, 6.45) is 1.19. The fourth-order valence-corrected chi connectivity index (χ4v) is 1.86. The predicted octanol–water partition coefficient (Wildman–Crippen LogP) is 2.92. The van der Waals surface area contributed by atoms with Crippen LogP contribution in [0.4, 0.5) is 17.1 Å². The van der Waals surface area contributed by atoms with E-state index in [1.165, 1.54) is 30.5 Å². The first-order valence-electron chi connectivity index (χ1n) is 6.97. The summed E-state index contributed by atoms with van der Waals surface area (Å²) in [6, 6.07) is 15.6. The maximum Gasteiger partial charge on any atom is 0.269 e. The summed E-state index contributed by atoms with van der Waals surface area (Å²) in [5.74, 6) is -0.681. The van der Waals surface area contributed by atoms with Crippen LogP contribution in [0.25, 0.3) is 0 Å². The van der Waals surface area contributed by atoms with Crippen molar-refractivity contribution in [3.05, 3.63) is 76.0 Å². The van der Waals surface area contributed by atoms with Gasteiger partial charge in [-0.15, -0.1) is 0 Å². The number of nitriles is 2. The number of anilines is 2. The average Bonchev–Trinajstić information content (AvgIpc) is 2.63. The van der Waals surface area contributed by atoms with Gasteiger partial charge in [0.25, 0.3) is 11.6 Å². The van der Waals surface area contributed by atoms with Gasteiger partial charge in [0.2, 0.25) is 0 Å². The lowest BCUT2D eigenvalue weighted by molar-refractivity contribution is -0.384. The van der Waals surface area contributed by atoms with Crippen molar-refractivity contribution in [1.29, 1.82) is 10.5 Å². The van der Waals surface area contributed by atoms with E-state index in [1.54, 1.807) is 30.3 Å². The summed E-state index contributed by atoms with van der Waals surface area (Å²) in [6.45, 7) is 0. The molecule has 0 saturated carbocycles. The first-order chi connectivity index (χ1) is 12.0. The number of carbonyl (C=O) groups excluding carboxylic acids is 1. The zero-order chi connectivity index (χ0) is 18.2. The largest absolute Gasteiger partial charge is 0.360 e. The van der Waals surface area contributed by atoms with Gasteiger partial charge in [0, 0.05) is 24.0 Å². The molecule has 0 aliphatic heterocycles. The van der Waals surface area contributed by atoms with Crippen LogP contribution in [0.15, 0.2) is 60.3 Å². The Balaban J connectivity index is 2.11. The SMILES string of the molecule is N#C/C(=C/Nc1ccc([N+](=O)[O-])cc1)C(=O)Nc1ccccc1C#N. The van der Waals surface area contributed by atoms with Crippen LogP contribution in [0.3, 0.4) is 0 Å². The third kappa shape index (κ3) is 4.41. The maximum absolute atomic E-state index is 12.1. The molecule has 0 fully saturated rings. The zero-order valence-corrected chi connectivity index (χ0v) is 12.8. The van der Waals surface area contributed by atoms with Gasteiger partial charge in [-0.1, -0.05) is 12.1 Å². The van der Waals surface area contributed by atoms with Gasteiger partial charge in [-0.2, -0.15) is 10.5 Å².